The summed E-state index contributed by atoms with van der Waals surface area (Å²) in [4.78, 5) is 26.2. The van der Waals surface area contributed by atoms with Crippen LogP contribution in [0.4, 0.5) is 4.79 Å². The topological polar surface area (TPSA) is 69.6 Å². The van der Waals surface area contributed by atoms with Gasteiger partial charge < -0.3 is 15.3 Å². The Labute approximate surface area is 110 Å². The van der Waals surface area contributed by atoms with Crippen LogP contribution in [0.25, 0.3) is 0 Å². The second-order valence-electron chi connectivity index (χ2n) is 4.04. The summed E-state index contributed by atoms with van der Waals surface area (Å²) in [6.07, 6.45) is 0.386. The van der Waals surface area contributed by atoms with Gasteiger partial charge in [0.1, 0.15) is 6.04 Å². The van der Waals surface area contributed by atoms with E-state index in [0.717, 1.165) is 4.88 Å². The second-order valence-corrected chi connectivity index (χ2v) is 5.42. The normalized spacial score (nSPS) is 11.9. The lowest BCUT2D eigenvalue weighted by molar-refractivity contribution is -0.141. The molecule has 100 valence electrons. The van der Waals surface area contributed by atoms with Crippen molar-refractivity contribution in [2.45, 2.75) is 32.9 Å². The van der Waals surface area contributed by atoms with E-state index in [-0.39, 0.29) is 6.03 Å². The first kappa shape index (κ1) is 14.5. The highest BCUT2D eigenvalue weighted by molar-refractivity contribution is 7.11. The molecule has 1 aromatic heterocycles. The van der Waals surface area contributed by atoms with Crippen LogP contribution >= 0.6 is 11.3 Å². The number of aryl methyl sites for hydroxylation is 1. The molecule has 1 heterocycles. The maximum atomic E-state index is 11.8. The Hall–Kier alpha value is -1.56. The van der Waals surface area contributed by atoms with E-state index >= 15 is 0 Å². The Morgan fingerprint density at radius 1 is 1.50 bits per heavy atom. The van der Waals surface area contributed by atoms with Crippen molar-refractivity contribution < 1.29 is 14.7 Å². The van der Waals surface area contributed by atoms with Crippen LogP contribution in [0.5, 0.6) is 0 Å². The smallest absolute Gasteiger partial charge is 0.326 e. The molecule has 0 aromatic carbocycles. The Bertz CT molecular complexity index is 431. The number of rotatable bonds is 5. The number of aliphatic carboxylic acids is 1. The molecular weight excluding hydrogens is 252 g/mol. The van der Waals surface area contributed by atoms with Crippen molar-refractivity contribution in [3.63, 3.8) is 0 Å². The average molecular weight is 270 g/mol. The lowest BCUT2D eigenvalue weighted by Gasteiger charge is -2.23. The number of amides is 2. The molecule has 2 N–H and O–H groups in total. The van der Waals surface area contributed by atoms with Gasteiger partial charge in [-0.2, -0.15) is 0 Å². The fourth-order valence-electron chi connectivity index (χ4n) is 1.62. The van der Waals surface area contributed by atoms with Gasteiger partial charge in [0.05, 0.1) is 6.54 Å². The van der Waals surface area contributed by atoms with Crippen LogP contribution in [0.2, 0.25) is 0 Å². The summed E-state index contributed by atoms with van der Waals surface area (Å²) in [6.45, 7) is 4.17. The van der Waals surface area contributed by atoms with Crippen LogP contribution < -0.4 is 5.32 Å². The van der Waals surface area contributed by atoms with E-state index in [2.05, 4.69) is 5.32 Å². The Kier molecular flexibility index (Phi) is 5.15. The first-order chi connectivity index (χ1) is 8.45. The summed E-state index contributed by atoms with van der Waals surface area (Å²) in [5.41, 5.74) is 0. The SMILES string of the molecule is CCC(C(=O)O)N(C)C(=O)NCc1ccc(C)s1. The number of hydrogen-bond acceptors (Lipinski definition) is 3. The summed E-state index contributed by atoms with van der Waals surface area (Å²) in [5, 5.41) is 11.7. The van der Waals surface area contributed by atoms with Crippen LogP contribution in [-0.2, 0) is 11.3 Å². The number of carboxylic acids is 1. The molecule has 0 saturated heterocycles. The van der Waals surface area contributed by atoms with E-state index in [4.69, 9.17) is 5.11 Å². The molecule has 5 nitrogen and oxygen atoms in total. The maximum Gasteiger partial charge on any atom is 0.326 e. The Balaban J connectivity index is 2.52. The van der Waals surface area contributed by atoms with Crippen LogP contribution in [0, 0.1) is 6.92 Å². The van der Waals surface area contributed by atoms with Crippen molar-refractivity contribution in [1.29, 1.82) is 0 Å². The van der Waals surface area contributed by atoms with Gasteiger partial charge in [-0.3, -0.25) is 0 Å². The number of thiophene rings is 1. The first-order valence-electron chi connectivity index (χ1n) is 5.74. The molecule has 0 spiro atoms. The number of urea groups is 1. The monoisotopic (exact) mass is 270 g/mol. The Morgan fingerprint density at radius 3 is 2.61 bits per heavy atom. The van der Waals surface area contributed by atoms with Crippen LogP contribution in [0.3, 0.4) is 0 Å². The molecule has 0 aliphatic rings. The van der Waals surface area contributed by atoms with Crippen molar-refractivity contribution in [3.8, 4) is 0 Å². The van der Waals surface area contributed by atoms with E-state index in [1.165, 1.54) is 16.8 Å². The van der Waals surface area contributed by atoms with Crippen LogP contribution in [0.1, 0.15) is 23.1 Å². The highest BCUT2D eigenvalue weighted by Gasteiger charge is 2.24. The van der Waals surface area contributed by atoms with Gasteiger partial charge in [-0.15, -0.1) is 11.3 Å². The zero-order valence-corrected chi connectivity index (χ0v) is 11.6. The molecule has 1 aromatic rings. The summed E-state index contributed by atoms with van der Waals surface area (Å²) < 4.78 is 0. The molecule has 18 heavy (non-hydrogen) atoms. The van der Waals surface area contributed by atoms with Gasteiger partial charge in [0.15, 0.2) is 0 Å². The largest absolute Gasteiger partial charge is 0.480 e. The second kappa shape index (κ2) is 6.39. The van der Waals surface area contributed by atoms with Crippen molar-refractivity contribution in [1.82, 2.24) is 10.2 Å². The van der Waals surface area contributed by atoms with Gasteiger partial charge in [0, 0.05) is 16.8 Å². The molecular formula is C12H18N2O3S. The zero-order chi connectivity index (χ0) is 13.7. The molecule has 0 fully saturated rings. The number of nitrogens with one attached hydrogen (secondary N) is 1. The van der Waals surface area contributed by atoms with E-state index in [0.29, 0.717) is 13.0 Å². The molecule has 2 amide bonds. The van der Waals surface area contributed by atoms with E-state index in [1.54, 1.807) is 18.3 Å². The van der Waals surface area contributed by atoms with Gasteiger partial charge in [-0.05, 0) is 25.5 Å². The number of likely N-dealkylation sites (N-methyl/N-ethyl adjacent to an activating group) is 1. The van der Waals surface area contributed by atoms with Crippen LogP contribution in [0.15, 0.2) is 12.1 Å². The van der Waals surface area contributed by atoms with Gasteiger partial charge in [0.25, 0.3) is 0 Å². The lowest BCUT2D eigenvalue weighted by Crippen LogP contribution is -2.46. The predicted molar refractivity (Wildman–Crippen MR) is 70.8 cm³/mol. The van der Waals surface area contributed by atoms with Crippen molar-refractivity contribution in [2.24, 2.45) is 0 Å². The number of carbonyl (C=O) groups is 2. The van der Waals surface area contributed by atoms with E-state index in [9.17, 15) is 9.59 Å². The molecule has 1 rings (SSSR count). The van der Waals surface area contributed by atoms with Crippen molar-refractivity contribution in [3.05, 3.63) is 21.9 Å². The summed E-state index contributed by atoms with van der Waals surface area (Å²) in [6, 6.07) is 2.79. The fourth-order valence-corrected chi connectivity index (χ4v) is 2.45. The minimum atomic E-state index is -0.984. The highest BCUT2D eigenvalue weighted by Crippen LogP contribution is 2.14. The molecule has 0 aliphatic carbocycles. The van der Waals surface area contributed by atoms with Gasteiger partial charge in [0.2, 0.25) is 0 Å². The van der Waals surface area contributed by atoms with Gasteiger partial charge in [-0.25, -0.2) is 9.59 Å². The minimum Gasteiger partial charge on any atom is -0.480 e. The number of hydrogen-bond donors (Lipinski definition) is 2. The average Bonchev–Trinajstić information content (AvgIpc) is 2.72. The third kappa shape index (κ3) is 3.73. The number of carbonyl (C=O) groups excluding carboxylic acids is 1. The molecule has 1 atom stereocenters. The summed E-state index contributed by atoms with van der Waals surface area (Å²) in [7, 11) is 1.50. The minimum absolute atomic E-state index is 0.365. The summed E-state index contributed by atoms with van der Waals surface area (Å²) in [5.74, 6) is -0.984. The zero-order valence-electron chi connectivity index (χ0n) is 10.8. The van der Waals surface area contributed by atoms with Crippen molar-refractivity contribution >= 4 is 23.3 Å². The molecule has 0 saturated carbocycles. The number of nitrogens with zero attached hydrogens (tertiary/aromatic N) is 1. The molecule has 0 bridgehead atoms. The maximum absolute atomic E-state index is 11.8. The van der Waals surface area contributed by atoms with Crippen LogP contribution in [-0.4, -0.2) is 35.1 Å². The Morgan fingerprint density at radius 2 is 2.17 bits per heavy atom. The molecule has 6 heteroatoms. The molecule has 1 unspecified atom stereocenters. The highest BCUT2D eigenvalue weighted by atomic mass is 32.1. The first-order valence-corrected chi connectivity index (χ1v) is 6.56. The third-order valence-electron chi connectivity index (χ3n) is 2.67. The van der Waals surface area contributed by atoms with Gasteiger partial charge >= 0.3 is 12.0 Å². The van der Waals surface area contributed by atoms with Gasteiger partial charge in [-0.1, -0.05) is 6.92 Å². The quantitative estimate of drug-likeness (QED) is 0.860. The predicted octanol–water partition coefficient (Wildman–Crippen LogP) is 2.06. The fraction of sp³-hybridized carbons (Fsp3) is 0.500. The lowest BCUT2D eigenvalue weighted by atomic mass is 10.2. The standard InChI is InChI=1S/C12H18N2O3S/c1-4-10(11(15)16)14(3)12(17)13-7-9-6-5-8(2)18-9/h5-6,10H,4,7H2,1-3H3,(H,13,17)(H,15,16). The number of carboxylic acid groups (broad SMARTS) is 1. The molecule has 0 radical (unpaired) electrons. The summed E-state index contributed by atoms with van der Waals surface area (Å²) >= 11 is 1.61. The van der Waals surface area contributed by atoms with Crippen molar-refractivity contribution in [2.75, 3.05) is 7.05 Å². The third-order valence-corrected chi connectivity index (χ3v) is 3.67. The molecule has 0 aliphatic heterocycles. The van der Waals surface area contributed by atoms with E-state index in [1.807, 2.05) is 19.1 Å². The van der Waals surface area contributed by atoms with E-state index < -0.39 is 12.0 Å².